The fraction of sp³-hybridized carbons (Fsp3) is 0.533. The van der Waals surface area contributed by atoms with Gasteiger partial charge in [-0.2, -0.15) is 5.10 Å². The van der Waals surface area contributed by atoms with Gasteiger partial charge in [0.05, 0.1) is 12.3 Å². The van der Waals surface area contributed by atoms with Crippen LogP contribution in [-0.4, -0.2) is 37.8 Å². The van der Waals surface area contributed by atoms with Crippen molar-refractivity contribution in [1.29, 1.82) is 0 Å². The predicted octanol–water partition coefficient (Wildman–Crippen LogP) is 2.10. The monoisotopic (exact) mass is 323 g/mol. The number of hydrogen-bond acceptors (Lipinski definition) is 5. The summed E-state index contributed by atoms with van der Waals surface area (Å²) in [5, 5.41) is 3.86. The number of aryl methyl sites for hydroxylation is 1. The van der Waals surface area contributed by atoms with Crippen LogP contribution in [0.5, 0.6) is 5.88 Å². The molecule has 0 saturated carbocycles. The molecule has 0 amide bonds. The highest BCUT2D eigenvalue weighted by molar-refractivity contribution is 5.32. The van der Waals surface area contributed by atoms with Crippen LogP contribution in [0.1, 0.15) is 35.9 Å². The molecular formula is C15H19F2N5O. The SMILES string of the molecule is CCOc1ncnc2c1CN(Cc1cn(C)nc1C(F)F)CC2. The van der Waals surface area contributed by atoms with Crippen LogP contribution < -0.4 is 4.74 Å². The highest BCUT2D eigenvalue weighted by atomic mass is 19.3. The topological polar surface area (TPSA) is 56.1 Å². The van der Waals surface area contributed by atoms with E-state index in [1.54, 1.807) is 13.2 Å². The number of ether oxygens (including phenoxy) is 1. The first kappa shape index (κ1) is 15.8. The minimum absolute atomic E-state index is 0.146. The van der Waals surface area contributed by atoms with Crippen LogP contribution in [0.25, 0.3) is 0 Å². The maximum Gasteiger partial charge on any atom is 0.282 e. The third-order valence-corrected chi connectivity index (χ3v) is 3.86. The summed E-state index contributed by atoms with van der Waals surface area (Å²) in [7, 11) is 1.65. The van der Waals surface area contributed by atoms with E-state index in [2.05, 4.69) is 20.0 Å². The van der Waals surface area contributed by atoms with Crippen molar-refractivity contribution in [3.05, 3.63) is 35.0 Å². The molecule has 8 heteroatoms. The molecule has 0 saturated heterocycles. The molecular weight excluding hydrogens is 304 g/mol. The quantitative estimate of drug-likeness (QED) is 0.843. The number of halogens is 2. The minimum Gasteiger partial charge on any atom is -0.478 e. The van der Waals surface area contributed by atoms with Gasteiger partial charge in [0.25, 0.3) is 6.43 Å². The maximum absolute atomic E-state index is 13.1. The van der Waals surface area contributed by atoms with E-state index in [9.17, 15) is 8.78 Å². The molecule has 2 aromatic heterocycles. The molecule has 0 atom stereocenters. The van der Waals surface area contributed by atoms with Gasteiger partial charge in [0.15, 0.2) is 0 Å². The standard InChI is InChI=1S/C15H19F2N5O/c1-3-23-15-11-8-22(5-4-12(11)18-9-19-15)7-10-6-21(2)20-13(10)14(16)17/h6,9,14H,3-5,7-8H2,1-2H3. The van der Waals surface area contributed by atoms with Crippen molar-refractivity contribution in [2.45, 2.75) is 32.9 Å². The summed E-state index contributed by atoms with van der Waals surface area (Å²) in [5.41, 5.74) is 2.33. The van der Waals surface area contributed by atoms with Gasteiger partial charge in [0.2, 0.25) is 5.88 Å². The van der Waals surface area contributed by atoms with Crippen LogP contribution >= 0.6 is 0 Å². The van der Waals surface area contributed by atoms with E-state index in [-0.39, 0.29) is 5.69 Å². The molecule has 1 aliphatic heterocycles. The van der Waals surface area contributed by atoms with Gasteiger partial charge < -0.3 is 4.74 Å². The Morgan fingerprint density at radius 2 is 2.17 bits per heavy atom. The van der Waals surface area contributed by atoms with Crippen molar-refractivity contribution in [2.75, 3.05) is 13.2 Å². The van der Waals surface area contributed by atoms with Gasteiger partial charge >= 0.3 is 0 Å². The first-order chi connectivity index (χ1) is 11.1. The zero-order valence-electron chi connectivity index (χ0n) is 13.2. The van der Waals surface area contributed by atoms with Gasteiger partial charge in [0, 0.05) is 50.4 Å². The van der Waals surface area contributed by atoms with Crippen LogP contribution in [0, 0.1) is 0 Å². The Balaban J connectivity index is 1.80. The molecule has 0 spiro atoms. The molecule has 1 aliphatic rings. The number of nitrogens with zero attached hydrogens (tertiary/aromatic N) is 5. The Bertz CT molecular complexity index is 689. The van der Waals surface area contributed by atoms with Crippen LogP contribution in [0.3, 0.4) is 0 Å². The third-order valence-electron chi connectivity index (χ3n) is 3.86. The first-order valence-electron chi connectivity index (χ1n) is 7.57. The maximum atomic E-state index is 13.1. The zero-order valence-corrected chi connectivity index (χ0v) is 13.2. The summed E-state index contributed by atoms with van der Waals surface area (Å²) in [6.07, 6.45) is 1.35. The van der Waals surface area contributed by atoms with E-state index in [1.165, 1.54) is 11.0 Å². The van der Waals surface area contributed by atoms with E-state index < -0.39 is 6.43 Å². The lowest BCUT2D eigenvalue weighted by atomic mass is 10.1. The Morgan fingerprint density at radius 1 is 1.35 bits per heavy atom. The summed E-state index contributed by atoms with van der Waals surface area (Å²) >= 11 is 0. The smallest absolute Gasteiger partial charge is 0.282 e. The molecule has 124 valence electrons. The normalized spacial score (nSPS) is 15.0. The summed E-state index contributed by atoms with van der Waals surface area (Å²) < 4.78 is 33.1. The van der Waals surface area contributed by atoms with Gasteiger partial charge in [0.1, 0.15) is 12.0 Å². The molecule has 2 aromatic rings. The molecule has 0 N–H and O–H groups in total. The summed E-state index contributed by atoms with van der Waals surface area (Å²) in [5.74, 6) is 0.586. The van der Waals surface area contributed by atoms with E-state index in [0.717, 1.165) is 24.2 Å². The van der Waals surface area contributed by atoms with Crippen molar-refractivity contribution in [3.63, 3.8) is 0 Å². The lowest BCUT2D eigenvalue weighted by molar-refractivity contribution is 0.141. The molecule has 0 fully saturated rings. The van der Waals surface area contributed by atoms with Crippen molar-refractivity contribution >= 4 is 0 Å². The average molecular weight is 323 g/mol. The van der Waals surface area contributed by atoms with E-state index in [1.807, 2.05) is 6.92 Å². The van der Waals surface area contributed by atoms with Gasteiger partial charge in [-0.15, -0.1) is 0 Å². The first-order valence-corrected chi connectivity index (χ1v) is 7.57. The van der Waals surface area contributed by atoms with Crippen LogP contribution in [-0.2, 0) is 26.6 Å². The lowest BCUT2D eigenvalue weighted by Gasteiger charge is -2.28. The molecule has 3 heterocycles. The van der Waals surface area contributed by atoms with Crippen LogP contribution in [0.4, 0.5) is 8.78 Å². The second kappa shape index (κ2) is 6.57. The zero-order chi connectivity index (χ0) is 16.4. The number of rotatable bonds is 5. The van der Waals surface area contributed by atoms with Gasteiger partial charge in [-0.1, -0.05) is 0 Å². The summed E-state index contributed by atoms with van der Waals surface area (Å²) in [4.78, 5) is 10.6. The second-order valence-corrected chi connectivity index (χ2v) is 5.51. The number of hydrogen-bond donors (Lipinski definition) is 0. The van der Waals surface area contributed by atoms with Crippen molar-refractivity contribution in [2.24, 2.45) is 7.05 Å². The molecule has 0 unspecified atom stereocenters. The molecule has 6 nitrogen and oxygen atoms in total. The molecule has 0 bridgehead atoms. The molecule has 0 aromatic carbocycles. The molecule has 23 heavy (non-hydrogen) atoms. The average Bonchev–Trinajstić information content (AvgIpc) is 2.89. The van der Waals surface area contributed by atoms with E-state index in [0.29, 0.717) is 31.1 Å². The fourth-order valence-electron chi connectivity index (χ4n) is 2.87. The van der Waals surface area contributed by atoms with Crippen LogP contribution in [0.2, 0.25) is 0 Å². The number of alkyl halides is 2. The number of fused-ring (bicyclic) bond motifs is 1. The second-order valence-electron chi connectivity index (χ2n) is 5.51. The van der Waals surface area contributed by atoms with Gasteiger partial charge in [-0.25, -0.2) is 18.7 Å². The molecule has 0 aliphatic carbocycles. The molecule has 0 radical (unpaired) electrons. The van der Waals surface area contributed by atoms with Gasteiger partial charge in [-0.3, -0.25) is 9.58 Å². The van der Waals surface area contributed by atoms with Gasteiger partial charge in [-0.05, 0) is 6.92 Å². The minimum atomic E-state index is -2.56. The largest absolute Gasteiger partial charge is 0.478 e. The van der Waals surface area contributed by atoms with Crippen molar-refractivity contribution in [1.82, 2.24) is 24.6 Å². The van der Waals surface area contributed by atoms with E-state index >= 15 is 0 Å². The Hall–Kier alpha value is -2.09. The summed E-state index contributed by atoms with van der Waals surface area (Å²) in [6, 6.07) is 0. The highest BCUT2D eigenvalue weighted by Gasteiger charge is 2.25. The van der Waals surface area contributed by atoms with Crippen molar-refractivity contribution < 1.29 is 13.5 Å². The number of aromatic nitrogens is 4. The Labute approximate surface area is 133 Å². The summed E-state index contributed by atoms with van der Waals surface area (Å²) in [6.45, 7) is 4.20. The highest BCUT2D eigenvalue weighted by Crippen LogP contribution is 2.27. The van der Waals surface area contributed by atoms with E-state index in [4.69, 9.17) is 4.74 Å². The third kappa shape index (κ3) is 3.31. The van der Waals surface area contributed by atoms with Crippen molar-refractivity contribution in [3.8, 4) is 5.88 Å². The lowest BCUT2D eigenvalue weighted by Crippen LogP contribution is -2.31. The molecule has 3 rings (SSSR count). The Kier molecular flexibility index (Phi) is 4.51. The predicted molar refractivity (Wildman–Crippen MR) is 79.2 cm³/mol. The Morgan fingerprint density at radius 3 is 2.91 bits per heavy atom. The van der Waals surface area contributed by atoms with Crippen LogP contribution in [0.15, 0.2) is 12.5 Å². The fourth-order valence-corrected chi connectivity index (χ4v) is 2.87.